The zero-order chi connectivity index (χ0) is 17.3. The summed E-state index contributed by atoms with van der Waals surface area (Å²) >= 11 is 6.38. The molecule has 0 aliphatic rings. The molecule has 0 heterocycles. The van der Waals surface area contributed by atoms with Gasteiger partial charge in [0.15, 0.2) is 9.84 Å². The van der Waals surface area contributed by atoms with Gasteiger partial charge >= 0.3 is 0 Å². The molecule has 0 saturated carbocycles. The number of rotatable bonds is 4. The van der Waals surface area contributed by atoms with Crippen molar-refractivity contribution in [2.75, 3.05) is 5.75 Å². The third kappa shape index (κ3) is 4.36. The van der Waals surface area contributed by atoms with Crippen LogP contribution in [0.15, 0.2) is 53.4 Å². The van der Waals surface area contributed by atoms with Crippen LogP contribution >= 0.6 is 11.6 Å². The van der Waals surface area contributed by atoms with Gasteiger partial charge in [0.2, 0.25) is 0 Å². The third-order valence-corrected chi connectivity index (χ3v) is 6.42. The monoisotopic (exact) mass is 350 g/mol. The number of aryl methyl sites for hydroxylation is 1. The Labute approximate surface area is 144 Å². The largest absolute Gasteiger partial charge is 0.224 e. The van der Waals surface area contributed by atoms with E-state index < -0.39 is 15.2 Å². The van der Waals surface area contributed by atoms with Gasteiger partial charge in [0.1, 0.15) is 0 Å². The molecular weight excluding hydrogens is 328 g/mol. The maximum absolute atomic E-state index is 12.6. The number of hydrogen-bond acceptors (Lipinski definition) is 2. The van der Waals surface area contributed by atoms with Gasteiger partial charge in [0.25, 0.3) is 0 Å². The lowest BCUT2D eigenvalue weighted by atomic mass is 9.86. The number of benzene rings is 2. The van der Waals surface area contributed by atoms with Gasteiger partial charge in [0, 0.05) is 0 Å². The van der Waals surface area contributed by atoms with Crippen LogP contribution in [0.1, 0.15) is 42.8 Å². The molecule has 0 fully saturated rings. The molecule has 124 valence electrons. The molecule has 0 bridgehead atoms. The molecular formula is C19H23ClO2S. The number of halogens is 1. The van der Waals surface area contributed by atoms with E-state index in [9.17, 15) is 8.42 Å². The van der Waals surface area contributed by atoms with Crippen molar-refractivity contribution in [3.63, 3.8) is 0 Å². The molecule has 2 aromatic carbocycles. The highest BCUT2D eigenvalue weighted by atomic mass is 35.5. The summed E-state index contributed by atoms with van der Waals surface area (Å²) in [4.78, 5) is 0.358. The van der Waals surface area contributed by atoms with Gasteiger partial charge in [0.05, 0.1) is 16.0 Å². The van der Waals surface area contributed by atoms with Gasteiger partial charge in [-0.25, -0.2) is 8.42 Å². The highest BCUT2D eigenvalue weighted by Crippen LogP contribution is 2.29. The van der Waals surface area contributed by atoms with Crippen LogP contribution in [-0.4, -0.2) is 14.2 Å². The molecule has 0 amide bonds. The molecule has 0 aliphatic heterocycles. The van der Waals surface area contributed by atoms with E-state index in [1.54, 1.807) is 25.1 Å². The van der Waals surface area contributed by atoms with Crippen molar-refractivity contribution in [3.8, 4) is 0 Å². The Bertz CT molecular complexity index is 772. The second-order valence-corrected chi connectivity index (χ2v) is 9.42. The van der Waals surface area contributed by atoms with Crippen LogP contribution in [0.5, 0.6) is 0 Å². The zero-order valence-corrected chi connectivity index (χ0v) is 15.6. The molecule has 0 spiro atoms. The summed E-state index contributed by atoms with van der Waals surface area (Å²) in [6, 6.07) is 14.9. The van der Waals surface area contributed by atoms with Crippen LogP contribution in [-0.2, 0) is 15.3 Å². The summed E-state index contributed by atoms with van der Waals surface area (Å²) < 4.78 is 25.2. The normalized spacial score (nSPS) is 13.8. The van der Waals surface area contributed by atoms with Gasteiger partial charge in [-0.05, 0) is 35.1 Å². The van der Waals surface area contributed by atoms with E-state index in [-0.39, 0.29) is 11.2 Å². The Morgan fingerprint density at radius 3 is 2.09 bits per heavy atom. The van der Waals surface area contributed by atoms with E-state index in [1.807, 2.05) is 30.3 Å². The summed E-state index contributed by atoms with van der Waals surface area (Å²) in [6.07, 6.45) is 0. The molecule has 2 nitrogen and oxygen atoms in total. The van der Waals surface area contributed by atoms with Crippen LogP contribution < -0.4 is 0 Å². The topological polar surface area (TPSA) is 34.1 Å². The maximum Gasteiger partial charge on any atom is 0.180 e. The first-order valence-electron chi connectivity index (χ1n) is 7.64. The molecule has 1 atom stereocenters. The van der Waals surface area contributed by atoms with Crippen molar-refractivity contribution in [2.45, 2.75) is 43.4 Å². The average molecular weight is 351 g/mol. The number of hydrogen-bond donors (Lipinski definition) is 0. The number of sulfone groups is 1. The first-order valence-corrected chi connectivity index (χ1v) is 9.73. The molecule has 0 N–H and O–H groups in total. The summed E-state index contributed by atoms with van der Waals surface area (Å²) in [7, 11) is -3.41. The highest BCUT2D eigenvalue weighted by Gasteiger charge is 2.23. The lowest BCUT2D eigenvalue weighted by Gasteiger charge is -2.20. The van der Waals surface area contributed by atoms with Gasteiger partial charge in [-0.1, -0.05) is 63.2 Å². The van der Waals surface area contributed by atoms with E-state index in [4.69, 9.17) is 11.6 Å². The lowest BCUT2D eigenvalue weighted by Crippen LogP contribution is -2.14. The fourth-order valence-corrected chi connectivity index (χ4v) is 4.72. The molecule has 0 aliphatic carbocycles. The molecule has 2 rings (SSSR count). The van der Waals surface area contributed by atoms with E-state index in [1.165, 1.54) is 5.56 Å². The maximum atomic E-state index is 12.6. The summed E-state index contributed by atoms with van der Waals surface area (Å²) in [5.74, 6) is -0.103. The van der Waals surface area contributed by atoms with Gasteiger partial charge < -0.3 is 0 Å². The smallest absolute Gasteiger partial charge is 0.180 e. The van der Waals surface area contributed by atoms with E-state index in [0.717, 1.165) is 11.1 Å². The van der Waals surface area contributed by atoms with Gasteiger partial charge in [-0.3, -0.25) is 0 Å². The molecule has 1 unspecified atom stereocenters. The van der Waals surface area contributed by atoms with Crippen LogP contribution in [0.25, 0.3) is 0 Å². The number of alkyl halides is 1. The predicted molar refractivity (Wildman–Crippen MR) is 97.0 cm³/mol. The van der Waals surface area contributed by atoms with E-state index in [0.29, 0.717) is 4.90 Å². The highest BCUT2D eigenvalue weighted by molar-refractivity contribution is 7.91. The summed E-state index contributed by atoms with van der Waals surface area (Å²) in [5, 5.41) is -0.561. The minimum atomic E-state index is -3.41. The molecule has 23 heavy (non-hydrogen) atoms. The standard InChI is InChI=1S/C19H23ClO2S/c1-14-7-5-6-8-18(14)23(21,22)13-17(20)15-9-11-16(12-10-15)19(2,3)4/h5-12,17H,13H2,1-4H3. The second-order valence-electron chi connectivity index (χ2n) is 6.89. The van der Waals surface area contributed by atoms with Crippen LogP contribution in [0.4, 0.5) is 0 Å². The Balaban J connectivity index is 2.22. The van der Waals surface area contributed by atoms with Crippen molar-refractivity contribution < 1.29 is 8.42 Å². The van der Waals surface area contributed by atoms with Crippen molar-refractivity contribution in [1.82, 2.24) is 0 Å². The van der Waals surface area contributed by atoms with Crippen LogP contribution in [0.3, 0.4) is 0 Å². The van der Waals surface area contributed by atoms with Gasteiger partial charge in [-0.15, -0.1) is 11.6 Å². The Hall–Kier alpha value is -1.32. The molecule has 2 aromatic rings. The summed E-state index contributed by atoms with van der Waals surface area (Å²) in [5.41, 5.74) is 2.84. The van der Waals surface area contributed by atoms with Crippen molar-refractivity contribution in [1.29, 1.82) is 0 Å². The van der Waals surface area contributed by atoms with Gasteiger partial charge in [-0.2, -0.15) is 0 Å². The molecule has 4 heteroatoms. The average Bonchev–Trinajstić information content (AvgIpc) is 2.46. The van der Waals surface area contributed by atoms with E-state index in [2.05, 4.69) is 20.8 Å². The molecule has 0 radical (unpaired) electrons. The fraction of sp³-hybridized carbons (Fsp3) is 0.368. The van der Waals surface area contributed by atoms with Crippen molar-refractivity contribution in [2.24, 2.45) is 0 Å². The first-order chi connectivity index (χ1) is 10.6. The fourth-order valence-electron chi connectivity index (χ4n) is 2.48. The third-order valence-electron chi connectivity index (χ3n) is 3.93. The zero-order valence-electron chi connectivity index (χ0n) is 14.0. The lowest BCUT2D eigenvalue weighted by molar-refractivity contribution is 0.589. The second kappa shape index (κ2) is 6.66. The van der Waals surface area contributed by atoms with Crippen molar-refractivity contribution in [3.05, 3.63) is 65.2 Å². The summed E-state index contributed by atoms with van der Waals surface area (Å²) in [6.45, 7) is 8.22. The molecule has 0 saturated heterocycles. The Kier molecular flexibility index (Phi) is 5.22. The van der Waals surface area contributed by atoms with Crippen LogP contribution in [0, 0.1) is 6.92 Å². The molecule has 0 aromatic heterocycles. The van der Waals surface area contributed by atoms with Crippen molar-refractivity contribution >= 4 is 21.4 Å². The van der Waals surface area contributed by atoms with Crippen LogP contribution in [0.2, 0.25) is 0 Å². The minimum Gasteiger partial charge on any atom is -0.224 e. The van der Waals surface area contributed by atoms with E-state index >= 15 is 0 Å². The SMILES string of the molecule is Cc1ccccc1S(=O)(=O)CC(Cl)c1ccc(C(C)(C)C)cc1. The first kappa shape index (κ1) is 18.0. The predicted octanol–water partition coefficient (Wildman–Crippen LogP) is 5.05. The Morgan fingerprint density at radius 2 is 1.57 bits per heavy atom. The Morgan fingerprint density at radius 1 is 1.00 bits per heavy atom. The quantitative estimate of drug-likeness (QED) is 0.723. The minimum absolute atomic E-state index is 0.0631.